The average Bonchev–Trinajstić information content (AvgIpc) is 3.06. The van der Waals surface area contributed by atoms with Gasteiger partial charge in [0.1, 0.15) is 0 Å². The minimum atomic E-state index is 0.0205. The molecule has 0 saturated carbocycles. The summed E-state index contributed by atoms with van der Waals surface area (Å²) in [6.07, 6.45) is 1.69. The average molecular weight is 337 g/mol. The Morgan fingerprint density at radius 1 is 1.17 bits per heavy atom. The number of hydrogen-bond acceptors (Lipinski definition) is 4. The molecule has 0 aliphatic rings. The third kappa shape index (κ3) is 3.51. The summed E-state index contributed by atoms with van der Waals surface area (Å²) in [6, 6.07) is 13.7. The van der Waals surface area contributed by atoms with Crippen LogP contribution in [-0.2, 0) is 6.54 Å². The summed E-state index contributed by atoms with van der Waals surface area (Å²) in [5.41, 5.74) is 5.32. The second-order valence-corrected chi connectivity index (χ2v) is 6.36. The highest BCUT2D eigenvalue weighted by atomic mass is 32.1. The van der Waals surface area contributed by atoms with Crippen LogP contribution in [0.2, 0.25) is 0 Å². The number of benzene rings is 1. The van der Waals surface area contributed by atoms with Gasteiger partial charge in [0.25, 0.3) is 5.91 Å². The summed E-state index contributed by atoms with van der Waals surface area (Å²) >= 11 is 1.54. The Morgan fingerprint density at radius 2 is 1.96 bits per heavy atom. The zero-order valence-corrected chi connectivity index (χ0v) is 14.6. The van der Waals surface area contributed by atoms with Gasteiger partial charge in [-0.15, -0.1) is 11.3 Å². The molecule has 1 aromatic carbocycles. The van der Waals surface area contributed by atoms with Gasteiger partial charge >= 0.3 is 0 Å². The first-order valence-corrected chi connectivity index (χ1v) is 8.76. The molecule has 5 heteroatoms. The van der Waals surface area contributed by atoms with Crippen molar-refractivity contribution >= 4 is 17.2 Å². The zero-order valence-electron chi connectivity index (χ0n) is 13.8. The second-order valence-electron chi connectivity index (χ2n) is 5.50. The van der Waals surface area contributed by atoms with E-state index in [9.17, 15) is 4.79 Å². The van der Waals surface area contributed by atoms with E-state index in [2.05, 4.69) is 9.97 Å². The molecular formula is C19H19N3OS. The van der Waals surface area contributed by atoms with Crippen LogP contribution >= 0.6 is 11.3 Å². The maximum absolute atomic E-state index is 12.9. The number of hydrogen-bond donors (Lipinski definition) is 0. The number of rotatable bonds is 5. The summed E-state index contributed by atoms with van der Waals surface area (Å²) in [6.45, 7) is 5.21. The number of amides is 1. The van der Waals surface area contributed by atoms with Crippen LogP contribution in [0.25, 0.3) is 10.6 Å². The van der Waals surface area contributed by atoms with Crippen molar-refractivity contribution in [1.82, 2.24) is 14.9 Å². The molecule has 2 aromatic heterocycles. The molecule has 0 spiro atoms. The van der Waals surface area contributed by atoms with E-state index >= 15 is 0 Å². The van der Waals surface area contributed by atoms with Gasteiger partial charge in [-0.3, -0.25) is 9.78 Å². The van der Waals surface area contributed by atoms with Crippen molar-refractivity contribution in [3.63, 3.8) is 0 Å². The van der Waals surface area contributed by atoms with Crippen LogP contribution < -0.4 is 0 Å². The molecule has 3 aromatic rings. The number of nitrogens with zero attached hydrogens (tertiary/aromatic N) is 3. The molecule has 0 saturated heterocycles. The van der Waals surface area contributed by atoms with Gasteiger partial charge in [-0.2, -0.15) is 0 Å². The fourth-order valence-corrected chi connectivity index (χ4v) is 3.32. The fraction of sp³-hybridized carbons (Fsp3) is 0.211. The molecule has 4 nitrogen and oxygen atoms in total. The van der Waals surface area contributed by atoms with E-state index in [1.807, 2.05) is 55.1 Å². The quantitative estimate of drug-likeness (QED) is 0.702. The van der Waals surface area contributed by atoms with Gasteiger partial charge in [-0.05, 0) is 31.5 Å². The van der Waals surface area contributed by atoms with Crippen molar-refractivity contribution in [2.45, 2.75) is 20.4 Å². The molecule has 0 atom stereocenters. The number of aryl methyl sites for hydroxylation is 1. The standard InChI is InChI=1S/C19H19N3OS/c1-3-22(12-15-7-5-4-6-8-15)19(23)16-9-10-20-17(11-16)18-14(2)21-13-24-18/h4-11,13H,3,12H2,1-2H3. The largest absolute Gasteiger partial charge is 0.335 e. The van der Waals surface area contributed by atoms with Crippen LogP contribution in [0.15, 0.2) is 54.2 Å². The Labute approximate surface area is 145 Å². The molecule has 2 heterocycles. The maximum Gasteiger partial charge on any atom is 0.254 e. The highest BCUT2D eigenvalue weighted by Gasteiger charge is 2.16. The van der Waals surface area contributed by atoms with E-state index in [1.165, 1.54) is 0 Å². The second kappa shape index (κ2) is 7.36. The molecule has 0 radical (unpaired) electrons. The van der Waals surface area contributed by atoms with Crippen molar-refractivity contribution in [3.05, 3.63) is 71.0 Å². The molecule has 3 rings (SSSR count). The lowest BCUT2D eigenvalue weighted by Gasteiger charge is -2.21. The highest BCUT2D eigenvalue weighted by molar-refractivity contribution is 7.13. The molecular weight excluding hydrogens is 318 g/mol. The zero-order chi connectivity index (χ0) is 16.9. The van der Waals surface area contributed by atoms with Crippen LogP contribution in [0.4, 0.5) is 0 Å². The topological polar surface area (TPSA) is 46.1 Å². The number of carbonyl (C=O) groups is 1. The maximum atomic E-state index is 12.9. The molecule has 1 amide bonds. The Morgan fingerprint density at radius 3 is 2.62 bits per heavy atom. The smallest absolute Gasteiger partial charge is 0.254 e. The van der Waals surface area contributed by atoms with E-state index in [0.29, 0.717) is 18.7 Å². The molecule has 0 fully saturated rings. The minimum absolute atomic E-state index is 0.0205. The Bertz CT molecular complexity index is 829. The van der Waals surface area contributed by atoms with Gasteiger partial charge in [0.15, 0.2) is 0 Å². The Kier molecular flexibility index (Phi) is 5.01. The van der Waals surface area contributed by atoms with Gasteiger partial charge in [0, 0.05) is 24.8 Å². The first kappa shape index (κ1) is 16.3. The highest BCUT2D eigenvalue weighted by Crippen LogP contribution is 2.26. The van der Waals surface area contributed by atoms with Gasteiger partial charge < -0.3 is 4.90 Å². The van der Waals surface area contributed by atoms with Crippen LogP contribution in [0.1, 0.15) is 28.5 Å². The van der Waals surface area contributed by atoms with Gasteiger partial charge in [0.05, 0.1) is 21.8 Å². The van der Waals surface area contributed by atoms with E-state index in [4.69, 9.17) is 0 Å². The lowest BCUT2D eigenvalue weighted by molar-refractivity contribution is 0.0752. The molecule has 0 N–H and O–H groups in total. The molecule has 0 aliphatic carbocycles. The third-order valence-electron chi connectivity index (χ3n) is 3.87. The summed E-state index contributed by atoms with van der Waals surface area (Å²) in [4.78, 5) is 24.4. The molecule has 0 aliphatic heterocycles. The van der Waals surface area contributed by atoms with Gasteiger partial charge in [0.2, 0.25) is 0 Å². The van der Waals surface area contributed by atoms with Gasteiger partial charge in [-0.1, -0.05) is 30.3 Å². The first-order valence-electron chi connectivity index (χ1n) is 7.88. The Balaban J connectivity index is 1.85. The molecule has 0 bridgehead atoms. The third-order valence-corrected chi connectivity index (χ3v) is 4.82. The van der Waals surface area contributed by atoms with E-state index in [-0.39, 0.29) is 5.91 Å². The first-order chi connectivity index (χ1) is 11.7. The van der Waals surface area contributed by atoms with E-state index in [1.54, 1.807) is 29.1 Å². The number of pyridine rings is 1. The summed E-state index contributed by atoms with van der Waals surface area (Å²) in [5.74, 6) is 0.0205. The number of carbonyl (C=O) groups excluding carboxylic acids is 1. The van der Waals surface area contributed by atoms with E-state index in [0.717, 1.165) is 21.8 Å². The fourth-order valence-electron chi connectivity index (χ4n) is 2.55. The van der Waals surface area contributed by atoms with Crippen molar-refractivity contribution in [2.24, 2.45) is 0 Å². The van der Waals surface area contributed by atoms with E-state index < -0.39 is 0 Å². The van der Waals surface area contributed by atoms with Crippen LogP contribution in [0, 0.1) is 6.92 Å². The predicted molar refractivity (Wildman–Crippen MR) is 96.9 cm³/mol. The van der Waals surface area contributed by atoms with Gasteiger partial charge in [-0.25, -0.2) is 4.98 Å². The lowest BCUT2D eigenvalue weighted by atomic mass is 10.1. The number of thiazole rings is 1. The van der Waals surface area contributed by atoms with Crippen LogP contribution in [0.5, 0.6) is 0 Å². The summed E-state index contributed by atoms with van der Waals surface area (Å²) < 4.78 is 0. The molecule has 0 unspecified atom stereocenters. The van der Waals surface area contributed by atoms with Crippen LogP contribution in [0.3, 0.4) is 0 Å². The number of aromatic nitrogens is 2. The molecule has 122 valence electrons. The minimum Gasteiger partial charge on any atom is -0.335 e. The molecule has 24 heavy (non-hydrogen) atoms. The van der Waals surface area contributed by atoms with Crippen molar-refractivity contribution < 1.29 is 4.79 Å². The van der Waals surface area contributed by atoms with Crippen molar-refractivity contribution in [1.29, 1.82) is 0 Å². The lowest BCUT2D eigenvalue weighted by Crippen LogP contribution is -2.30. The van der Waals surface area contributed by atoms with Crippen LogP contribution in [-0.4, -0.2) is 27.3 Å². The summed E-state index contributed by atoms with van der Waals surface area (Å²) in [7, 11) is 0. The SMILES string of the molecule is CCN(Cc1ccccc1)C(=O)c1ccnc(-c2scnc2C)c1. The van der Waals surface area contributed by atoms with Crippen molar-refractivity contribution in [3.8, 4) is 10.6 Å². The normalized spacial score (nSPS) is 10.6. The van der Waals surface area contributed by atoms with Crippen molar-refractivity contribution in [2.75, 3.05) is 6.54 Å². The summed E-state index contributed by atoms with van der Waals surface area (Å²) in [5, 5.41) is 0. The monoisotopic (exact) mass is 337 g/mol. The predicted octanol–water partition coefficient (Wildman–Crippen LogP) is 4.18. The Hall–Kier alpha value is -2.53.